The molecule has 0 saturated carbocycles. The second-order valence-electron chi connectivity index (χ2n) is 21.8. The smallest absolute Gasteiger partial charge is 0.291 e. The number of aliphatic hydroxyl groups is 12. The molecule has 0 radical (unpaired) electrons. The van der Waals surface area contributed by atoms with Gasteiger partial charge in [0.25, 0.3) is 35.4 Å². The first kappa shape index (κ1) is 66.9. The van der Waals surface area contributed by atoms with Crippen LogP contribution in [0.4, 0.5) is 22.7 Å². The van der Waals surface area contributed by atoms with Crippen molar-refractivity contribution in [1.82, 2.24) is 19.6 Å². The molecular formula is C50H48N10O36. The molecule has 2 aromatic heterocycles. The van der Waals surface area contributed by atoms with Gasteiger partial charge in [0.1, 0.15) is 34.1 Å². The van der Waals surface area contributed by atoms with Gasteiger partial charge in [-0.3, -0.25) is 43.5 Å². The van der Waals surface area contributed by atoms with Crippen molar-refractivity contribution in [2.45, 2.75) is 47.7 Å². The number of ether oxygens (including phenoxy) is 2. The number of fused-ring (bicyclic) bond motifs is 2. The highest BCUT2D eigenvalue weighted by Gasteiger charge is 2.62. The van der Waals surface area contributed by atoms with Crippen LogP contribution < -0.4 is 40.5 Å². The van der Waals surface area contributed by atoms with E-state index in [9.17, 15) is 172 Å². The molecule has 4 aliphatic rings. The number of rotatable bonds is 12. The Hall–Kier alpha value is -12.0. The number of anilines is 4. The number of amides is 6. The van der Waals surface area contributed by atoms with Crippen LogP contribution in [-0.4, -0.2) is 255 Å². The zero-order valence-corrected chi connectivity index (χ0v) is 47.3. The van der Waals surface area contributed by atoms with Gasteiger partial charge in [0.15, 0.2) is 91.8 Å². The van der Waals surface area contributed by atoms with Crippen LogP contribution in [0, 0.1) is 5.92 Å². The van der Waals surface area contributed by atoms with Gasteiger partial charge in [0.2, 0.25) is 69.3 Å². The number of β-amino-alcohol motifs (C(OH)–C–C–N with tert-alkyl or cyclic N) is 6. The predicted molar refractivity (Wildman–Crippen MR) is 293 cm³/mol. The van der Waals surface area contributed by atoms with Crippen LogP contribution in [-0.2, 0) is 21.2 Å². The Labute approximate surface area is 524 Å². The molecule has 32 N–H and O–H groups in total. The maximum atomic E-state index is 14.6. The minimum atomic E-state index is -4.28. The van der Waals surface area contributed by atoms with Gasteiger partial charge in [0.05, 0.1) is 56.8 Å². The Balaban J connectivity index is 1.01. The Morgan fingerprint density at radius 2 is 0.781 bits per heavy atom. The van der Waals surface area contributed by atoms with Crippen LogP contribution in [0.5, 0.6) is 103 Å². The van der Waals surface area contributed by atoms with Gasteiger partial charge < -0.3 is 164 Å². The SMILES string of the molecule is COc1c(O)c(O)c(-n2nc(C(N)=O)c3c2C(=O)N(c2c(O)c(O)c(N4C(=O)C(O)(O)CC(COc5c(O)c(O)c(-n6nc(C(N)=O)c7c6C(=O)N(c6c(O)c(O)c(N8CC(O)(O)C(O)(O)CC8=O)c(O)c6O)CC7(O)O)c(O)c5O)C4(O)O)c(O)c2O)CC3(O)O)c(O)c1O. The summed E-state index contributed by atoms with van der Waals surface area (Å²) in [7, 11) is 0.823. The lowest BCUT2D eigenvalue weighted by Gasteiger charge is -2.47. The number of piperidine rings is 2. The Morgan fingerprint density at radius 1 is 0.448 bits per heavy atom. The molecule has 0 aliphatic carbocycles. The maximum Gasteiger partial charge on any atom is 0.291 e. The number of phenolic OH excluding ortho intramolecular Hbond substituents is 16. The number of benzene rings is 4. The molecule has 2 fully saturated rings. The summed E-state index contributed by atoms with van der Waals surface area (Å²) in [6.07, 6.45) is -3.30. The molecule has 514 valence electrons. The standard InChI is InChI=1S/C50H48N10O36/c1-95-38-34(74)30(70)20(31(71)35(38)75)59-14-10(12(53-59)40(51)78)47(87,88)6-57(43(14)81)18-26(66)28(68)19(29(69)27(18)67)58-44(82)45(83,84)2-8(50(58,93)94)4-96-39-36(76)32(72)21(33(73)37(39)77)60-15-11(13(54-60)41(52)79)46(85,86)5-56(42(15)80)17-24(64)22(62)16(23(63)25(17)65)55-7-49(91,92)48(89,90)3-9(55)61/h8,62-77,83-94H,2-7H2,1H3,(H2,51,78)(H2,52,79). The lowest BCUT2D eigenvalue weighted by molar-refractivity contribution is -0.354. The molecule has 1 unspecified atom stereocenters. The number of nitrogens with zero attached hydrogens (tertiary/aromatic N) is 8. The van der Waals surface area contributed by atoms with Crippen molar-refractivity contribution >= 4 is 58.2 Å². The number of aromatic nitrogens is 4. The molecule has 46 nitrogen and oxygen atoms in total. The summed E-state index contributed by atoms with van der Waals surface area (Å²) in [6, 6.07) is 0. The fraction of sp³-hybridized carbons (Fsp3) is 0.280. The maximum absolute atomic E-state index is 14.6. The second-order valence-corrected chi connectivity index (χ2v) is 21.8. The molecule has 4 aromatic carbocycles. The zero-order valence-electron chi connectivity index (χ0n) is 47.3. The molecule has 10 rings (SSSR count). The van der Waals surface area contributed by atoms with Crippen LogP contribution in [0.2, 0.25) is 0 Å². The first-order chi connectivity index (χ1) is 44.1. The third-order valence-electron chi connectivity index (χ3n) is 15.8. The van der Waals surface area contributed by atoms with E-state index in [0.717, 1.165) is 7.11 Å². The van der Waals surface area contributed by atoms with Crippen molar-refractivity contribution in [1.29, 1.82) is 0 Å². The molecule has 96 heavy (non-hydrogen) atoms. The number of hydrogen-bond acceptors (Lipinski definition) is 38. The number of nitrogens with two attached hydrogens (primary N) is 2. The van der Waals surface area contributed by atoms with E-state index in [1.54, 1.807) is 0 Å². The molecule has 4 aliphatic heterocycles. The van der Waals surface area contributed by atoms with Crippen molar-refractivity contribution in [3.8, 4) is 115 Å². The molecule has 46 heteroatoms. The van der Waals surface area contributed by atoms with Crippen molar-refractivity contribution in [2.24, 2.45) is 17.4 Å². The minimum absolute atomic E-state index is 0.00518. The van der Waals surface area contributed by atoms with Crippen LogP contribution in [0.3, 0.4) is 0 Å². The number of carbonyl (C=O) groups is 6. The van der Waals surface area contributed by atoms with E-state index in [2.05, 4.69) is 10.2 Å². The molecule has 6 amide bonds. The first-order valence-electron chi connectivity index (χ1n) is 26.1. The molecule has 6 heterocycles. The summed E-state index contributed by atoms with van der Waals surface area (Å²) >= 11 is 0. The average molecular weight is 1360 g/mol. The minimum Gasteiger partial charge on any atom is -0.503 e. The van der Waals surface area contributed by atoms with Crippen molar-refractivity contribution in [3.63, 3.8) is 0 Å². The molecule has 1 atom stereocenters. The Morgan fingerprint density at radius 3 is 1.14 bits per heavy atom. The van der Waals surface area contributed by atoms with Gasteiger partial charge in [0, 0.05) is 6.42 Å². The summed E-state index contributed by atoms with van der Waals surface area (Å²) < 4.78 is 9.71. The predicted octanol–water partition coefficient (Wildman–Crippen LogP) is -9.00. The van der Waals surface area contributed by atoms with Gasteiger partial charge in [-0.15, -0.1) is 0 Å². The van der Waals surface area contributed by atoms with Crippen LogP contribution in [0.25, 0.3) is 11.4 Å². The fourth-order valence-electron chi connectivity index (χ4n) is 11.2. The molecule has 0 spiro atoms. The summed E-state index contributed by atoms with van der Waals surface area (Å²) in [5.74, 6) is -68.4. The highest BCUT2D eigenvalue weighted by Crippen LogP contribution is 2.62. The average Bonchev–Trinajstić information content (AvgIpc) is 1.33. The van der Waals surface area contributed by atoms with E-state index in [4.69, 9.17) is 20.9 Å². The van der Waals surface area contributed by atoms with Crippen molar-refractivity contribution in [2.75, 3.05) is 53.0 Å². The highest BCUT2D eigenvalue weighted by molar-refractivity contribution is 6.15. The summed E-state index contributed by atoms with van der Waals surface area (Å²) in [6.45, 7) is -6.83. The normalized spacial score (nSPS) is 19.1. The van der Waals surface area contributed by atoms with Crippen LogP contribution in [0.1, 0.15) is 65.9 Å². The van der Waals surface area contributed by atoms with E-state index in [-0.39, 0.29) is 24.1 Å². The van der Waals surface area contributed by atoms with Gasteiger partial charge in [-0.25, -0.2) is 14.3 Å². The van der Waals surface area contributed by atoms with Crippen LogP contribution in [0.15, 0.2) is 0 Å². The molecular weight excluding hydrogens is 1320 g/mol. The summed E-state index contributed by atoms with van der Waals surface area (Å²) in [5, 5.41) is 318. The fourth-order valence-corrected chi connectivity index (χ4v) is 11.2. The number of methoxy groups -OCH3 is 1. The number of aromatic hydroxyl groups is 16. The van der Waals surface area contributed by atoms with Crippen molar-refractivity contribution in [3.05, 3.63) is 33.9 Å². The van der Waals surface area contributed by atoms with E-state index in [0.29, 0.717) is 0 Å². The first-order valence-corrected chi connectivity index (χ1v) is 26.1. The number of hydrogen-bond donors (Lipinski definition) is 30. The molecule has 6 aromatic rings. The molecule has 0 bridgehead atoms. The van der Waals surface area contributed by atoms with Gasteiger partial charge in [-0.05, 0) is 0 Å². The Bertz CT molecular complexity index is 4400. The topological polar surface area (TPSA) is 788 Å². The monoisotopic (exact) mass is 1360 g/mol. The van der Waals surface area contributed by atoms with Gasteiger partial charge in [-0.2, -0.15) is 10.2 Å². The number of phenols is 16. The lowest BCUT2D eigenvalue weighted by atomic mass is 9.88. The quantitative estimate of drug-likeness (QED) is 0.0307. The van der Waals surface area contributed by atoms with Gasteiger partial charge in [-0.1, -0.05) is 0 Å². The lowest BCUT2D eigenvalue weighted by Crippen LogP contribution is -2.69. The largest absolute Gasteiger partial charge is 0.503 e. The summed E-state index contributed by atoms with van der Waals surface area (Å²) in [4.78, 5) is 80.1. The van der Waals surface area contributed by atoms with E-state index >= 15 is 0 Å². The Kier molecular flexibility index (Phi) is 14.7. The number of primary amides is 2. The molecule has 2 saturated heterocycles. The van der Waals surface area contributed by atoms with E-state index in [1.807, 2.05) is 0 Å². The third kappa shape index (κ3) is 9.12. The van der Waals surface area contributed by atoms with E-state index < -0.39 is 292 Å². The third-order valence-corrected chi connectivity index (χ3v) is 15.8. The number of carbonyl (C=O) groups excluding carboxylic acids is 6. The van der Waals surface area contributed by atoms with Gasteiger partial charge >= 0.3 is 0 Å². The second kappa shape index (κ2) is 21.0. The highest BCUT2D eigenvalue weighted by atomic mass is 16.6. The van der Waals surface area contributed by atoms with Crippen molar-refractivity contribution < 1.29 is 181 Å². The van der Waals surface area contributed by atoms with E-state index in [1.165, 1.54) is 0 Å². The zero-order chi connectivity index (χ0) is 71.9. The van der Waals surface area contributed by atoms with Crippen LogP contribution >= 0.6 is 0 Å². The summed E-state index contributed by atoms with van der Waals surface area (Å²) in [5.41, 5.74) is -7.12.